The summed E-state index contributed by atoms with van der Waals surface area (Å²) in [7, 11) is 0. The van der Waals surface area contributed by atoms with E-state index in [2.05, 4.69) is 10.2 Å². The van der Waals surface area contributed by atoms with Gasteiger partial charge in [-0.25, -0.2) is 4.79 Å². The fourth-order valence-electron chi connectivity index (χ4n) is 3.24. The number of thiophene rings is 1. The largest absolute Gasteiger partial charge is 0.477 e. The monoisotopic (exact) mass is 280 g/mol. The predicted molar refractivity (Wildman–Crippen MR) is 75.7 cm³/mol. The van der Waals surface area contributed by atoms with Gasteiger partial charge in [0.25, 0.3) is 0 Å². The molecule has 2 N–H and O–H groups in total. The van der Waals surface area contributed by atoms with Gasteiger partial charge < -0.3 is 15.3 Å². The number of hydrogen-bond donors (Lipinski definition) is 2. The lowest BCUT2D eigenvalue weighted by Crippen LogP contribution is -2.45. The Balaban J connectivity index is 1.50. The number of hydrogen-bond acceptors (Lipinski definition) is 4. The number of nitrogens with zero attached hydrogens (tertiary/aromatic N) is 1. The molecule has 0 radical (unpaired) electrons. The van der Waals surface area contributed by atoms with Gasteiger partial charge in [0.15, 0.2) is 0 Å². The van der Waals surface area contributed by atoms with Gasteiger partial charge in [0.1, 0.15) is 4.88 Å². The molecule has 0 amide bonds. The Labute approximate surface area is 117 Å². The first-order valence-corrected chi connectivity index (χ1v) is 7.83. The quantitative estimate of drug-likeness (QED) is 0.887. The summed E-state index contributed by atoms with van der Waals surface area (Å²) in [4.78, 5) is 15.0. The van der Waals surface area contributed by atoms with Crippen molar-refractivity contribution in [2.75, 3.05) is 13.1 Å². The van der Waals surface area contributed by atoms with Crippen LogP contribution in [-0.4, -0.2) is 41.1 Å². The molecule has 2 aliphatic heterocycles. The highest BCUT2D eigenvalue weighted by atomic mass is 32.1. The number of nitrogens with one attached hydrogen (secondary N) is 1. The summed E-state index contributed by atoms with van der Waals surface area (Å²) in [5.41, 5.74) is 0. The number of carboxylic acids is 1. The first kappa shape index (κ1) is 13.1. The van der Waals surface area contributed by atoms with Crippen LogP contribution in [0.1, 0.15) is 40.2 Å². The summed E-state index contributed by atoms with van der Waals surface area (Å²) in [6.07, 6.45) is 5.16. The minimum atomic E-state index is -0.824. The maximum absolute atomic E-state index is 10.8. The van der Waals surface area contributed by atoms with Crippen molar-refractivity contribution in [2.24, 2.45) is 0 Å². The Morgan fingerprint density at radius 1 is 1.42 bits per heavy atom. The fraction of sp³-hybridized carbons (Fsp3) is 0.643. The van der Waals surface area contributed by atoms with Gasteiger partial charge in [-0.1, -0.05) is 0 Å². The molecular formula is C14H20N2O2S. The second-order valence-electron chi connectivity index (χ2n) is 5.51. The highest BCUT2D eigenvalue weighted by molar-refractivity contribution is 7.13. The highest BCUT2D eigenvalue weighted by Gasteiger charge is 2.31. The van der Waals surface area contributed by atoms with Crippen LogP contribution in [0.5, 0.6) is 0 Å². The first-order chi connectivity index (χ1) is 9.22. The molecule has 19 heavy (non-hydrogen) atoms. The molecule has 2 aliphatic rings. The summed E-state index contributed by atoms with van der Waals surface area (Å²) in [5, 5.41) is 12.5. The van der Waals surface area contributed by atoms with E-state index in [1.807, 2.05) is 6.07 Å². The molecule has 0 saturated carbocycles. The smallest absolute Gasteiger partial charge is 0.345 e. The molecule has 3 heterocycles. The van der Waals surface area contributed by atoms with E-state index < -0.39 is 5.97 Å². The fourth-order valence-corrected chi connectivity index (χ4v) is 4.04. The van der Waals surface area contributed by atoms with E-state index in [1.54, 1.807) is 6.07 Å². The molecule has 5 heteroatoms. The van der Waals surface area contributed by atoms with Crippen LogP contribution in [0, 0.1) is 0 Å². The van der Waals surface area contributed by atoms with Gasteiger partial charge in [-0.05, 0) is 50.9 Å². The molecule has 2 fully saturated rings. The minimum absolute atomic E-state index is 0.433. The molecule has 1 aromatic heterocycles. The van der Waals surface area contributed by atoms with Crippen molar-refractivity contribution in [1.29, 1.82) is 0 Å². The minimum Gasteiger partial charge on any atom is -0.477 e. The van der Waals surface area contributed by atoms with E-state index in [0.29, 0.717) is 10.9 Å². The second-order valence-corrected chi connectivity index (χ2v) is 6.67. The van der Waals surface area contributed by atoms with E-state index in [1.165, 1.54) is 50.1 Å². The lowest BCUT2D eigenvalue weighted by atomic mass is 9.97. The van der Waals surface area contributed by atoms with Gasteiger partial charge in [0.2, 0.25) is 0 Å². The average Bonchev–Trinajstić information content (AvgIpc) is 3.04. The molecule has 2 unspecified atom stereocenters. The van der Waals surface area contributed by atoms with Crippen LogP contribution >= 0.6 is 11.3 Å². The van der Waals surface area contributed by atoms with Crippen molar-refractivity contribution < 1.29 is 9.90 Å². The maximum atomic E-state index is 10.8. The first-order valence-electron chi connectivity index (χ1n) is 7.02. The lowest BCUT2D eigenvalue weighted by molar-refractivity contribution is 0.0702. The third-order valence-electron chi connectivity index (χ3n) is 4.26. The summed E-state index contributed by atoms with van der Waals surface area (Å²) in [6.45, 7) is 3.30. The SMILES string of the molecule is O=C(O)c1ccc(CNC2CCN3CCCC3C2)s1. The van der Waals surface area contributed by atoms with Crippen molar-refractivity contribution >= 4 is 17.3 Å². The van der Waals surface area contributed by atoms with E-state index in [0.717, 1.165) is 17.5 Å². The molecule has 2 saturated heterocycles. The van der Waals surface area contributed by atoms with Gasteiger partial charge in [-0.15, -0.1) is 11.3 Å². The van der Waals surface area contributed by atoms with E-state index in [-0.39, 0.29) is 0 Å². The molecule has 0 bridgehead atoms. The Morgan fingerprint density at radius 2 is 2.32 bits per heavy atom. The maximum Gasteiger partial charge on any atom is 0.345 e. The Kier molecular flexibility index (Phi) is 3.86. The lowest BCUT2D eigenvalue weighted by Gasteiger charge is -2.35. The molecule has 4 nitrogen and oxygen atoms in total. The van der Waals surface area contributed by atoms with Crippen LogP contribution in [-0.2, 0) is 6.54 Å². The molecule has 1 aromatic rings. The van der Waals surface area contributed by atoms with E-state index in [9.17, 15) is 4.79 Å². The van der Waals surface area contributed by atoms with E-state index in [4.69, 9.17) is 5.11 Å². The van der Waals surface area contributed by atoms with Crippen LogP contribution in [0.25, 0.3) is 0 Å². The van der Waals surface area contributed by atoms with Crippen molar-refractivity contribution in [2.45, 2.75) is 44.3 Å². The number of fused-ring (bicyclic) bond motifs is 1. The number of carbonyl (C=O) groups is 1. The number of aromatic carboxylic acids is 1. The van der Waals surface area contributed by atoms with Crippen molar-refractivity contribution in [3.05, 3.63) is 21.9 Å². The predicted octanol–water partition coefficient (Wildman–Crippen LogP) is 2.16. The molecule has 104 valence electrons. The standard InChI is InChI=1S/C14H20N2O2S/c17-14(18)13-4-3-12(19-13)9-15-10-5-7-16-6-1-2-11(16)8-10/h3-4,10-11,15H,1-2,5-9H2,(H,17,18). The van der Waals surface area contributed by atoms with Crippen molar-refractivity contribution in [1.82, 2.24) is 10.2 Å². The molecule has 3 rings (SSSR count). The van der Waals surface area contributed by atoms with Crippen molar-refractivity contribution in [3.63, 3.8) is 0 Å². The number of piperidine rings is 1. The zero-order chi connectivity index (χ0) is 13.2. The van der Waals surface area contributed by atoms with Crippen LogP contribution in [0.2, 0.25) is 0 Å². The van der Waals surface area contributed by atoms with Gasteiger partial charge in [0.05, 0.1) is 0 Å². The van der Waals surface area contributed by atoms with Crippen molar-refractivity contribution in [3.8, 4) is 0 Å². The summed E-state index contributed by atoms with van der Waals surface area (Å²) >= 11 is 1.38. The van der Waals surface area contributed by atoms with E-state index >= 15 is 0 Å². The summed E-state index contributed by atoms with van der Waals surface area (Å²) < 4.78 is 0. The van der Waals surface area contributed by atoms with Gasteiger partial charge in [-0.2, -0.15) is 0 Å². The zero-order valence-corrected chi connectivity index (χ0v) is 11.8. The van der Waals surface area contributed by atoms with Crippen LogP contribution in [0.3, 0.4) is 0 Å². The Hall–Kier alpha value is -0.910. The van der Waals surface area contributed by atoms with Crippen LogP contribution in [0.15, 0.2) is 12.1 Å². The van der Waals surface area contributed by atoms with Gasteiger partial charge in [0, 0.05) is 23.5 Å². The number of carboxylic acid groups (broad SMARTS) is 1. The normalized spacial score (nSPS) is 27.4. The Morgan fingerprint density at radius 3 is 3.11 bits per heavy atom. The molecule has 2 atom stereocenters. The van der Waals surface area contributed by atoms with Crippen LogP contribution < -0.4 is 5.32 Å². The zero-order valence-electron chi connectivity index (χ0n) is 11.0. The summed E-state index contributed by atoms with van der Waals surface area (Å²) in [6, 6.07) is 4.99. The molecular weight excluding hydrogens is 260 g/mol. The van der Waals surface area contributed by atoms with Crippen LogP contribution in [0.4, 0.5) is 0 Å². The topological polar surface area (TPSA) is 52.6 Å². The number of rotatable bonds is 4. The Bertz CT molecular complexity index is 460. The third kappa shape index (κ3) is 2.99. The van der Waals surface area contributed by atoms with Gasteiger partial charge in [-0.3, -0.25) is 0 Å². The second kappa shape index (κ2) is 5.61. The molecule has 0 aromatic carbocycles. The summed E-state index contributed by atoms with van der Waals surface area (Å²) in [5.74, 6) is -0.824. The average molecular weight is 280 g/mol. The highest BCUT2D eigenvalue weighted by Crippen LogP contribution is 2.27. The third-order valence-corrected chi connectivity index (χ3v) is 5.33. The molecule has 0 aliphatic carbocycles. The van der Waals surface area contributed by atoms with Gasteiger partial charge >= 0.3 is 5.97 Å². The molecule has 0 spiro atoms.